The number of methoxy groups -OCH3 is 1. The summed E-state index contributed by atoms with van der Waals surface area (Å²) in [7, 11) is 1.65. The molecule has 0 aliphatic carbocycles. The summed E-state index contributed by atoms with van der Waals surface area (Å²) in [4.78, 5) is 0. The standard InChI is InChI=1S/C33H34O8/c1-34-12-13-35-14-15-36-16-17-37-18-19-38-20-21-39-23-6-7-27-31(22-23)41-30-11-9-24-25(33(27)30)8-10-29-32(24)26-4-2-3-5-28(26)40-29/h2-11,22H,12-21H2,1H3. The van der Waals surface area contributed by atoms with Crippen molar-refractivity contribution in [3.8, 4) is 5.75 Å². The monoisotopic (exact) mass is 558 g/mol. The van der Waals surface area contributed by atoms with Crippen molar-refractivity contribution in [3.63, 3.8) is 0 Å². The number of para-hydroxylation sites is 1. The topological polar surface area (TPSA) is 81.7 Å². The second-order valence-electron chi connectivity index (χ2n) is 9.62. The molecule has 0 N–H and O–H groups in total. The second kappa shape index (κ2) is 13.3. The van der Waals surface area contributed by atoms with Gasteiger partial charge in [-0.1, -0.05) is 18.2 Å². The smallest absolute Gasteiger partial charge is 0.139 e. The van der Waals surface area contributed by atoms with Gasteiger partial charge in [0.05, 0.1) is 59.5 Å². The minimum absolute atomic E-state index is 0.437. The highest BCUT2D eigenvalue weighted by molar-refractivity contribution is 6.27. The molecule has 8 nitrogen and oxygen atoms in total. The molecule has 0 radical (unpaired) electrons. The Kier molecular flexibility index (Phi) is 8.95. The van der Waals surface area contributed by atoms with E-state index in [-0.39, 0.29) is 0 Å². The molecule has 2 aromatic heterocycles. The number of hydrogen-bond acceptors (Lipinski definition) is 8. The third-order valence-electron chi connectivity index (χ3n) is 6.99. The molecule has 0 aliphatic heterocycles. The van der Waals surface area contributed by atoms with Gasteiger partial charge >= 0.3 is 0 Å². The molecule has 214 valence electrons. The summed E-state index contributed by atoms with van der Waals surface area (Å²) in [5.74, 6) is 0.743. The molecule has 8 heteroatoms. The normalized spacial score (nSPS) is 12.0. The van der Waals surface area contributed by atoms with Gasteiger partial charge in [-0.3, -0.25) is 0 Å². The van der Waals surface area contributed by atoms with E-state index in [9.17, 15) is 0 Å². The lowest BCUT2D eigenvalue weighted by Crippen LogP contribution is -2.14. The predicted molar refractivity (Wildman–Crippen MR) is 159 cm³/mol. The molecule has 0 fully saturated rings. The van der Waals surface area contributed by atoms with Crippen LogP contribution in [0, 0.1) is 0 Å². The molecule has 6 aromatic rings. The summed E-state index contributed by atoms with van der Waals surface area (Å²) < 4.78 is 45.1. The maximum atomic E-state index is 6.24. The van der Waals surface area contributed by atoms with Crippen molar-refractivity contribution in [1.82, 2.24) is 0 Å². The lowest BCUT2D eigenvalue weighted by atomic mass is 9.99. The van der Waals surface area contributed by atoms with Crippen molar-refractivity contribution in [2.75, 3.05) is 73.2 Å². The van der Waals surface area contributed by atoms with Crippen molar-refractivity contribution in [2.45, 2.75) is 0 Å². The van der Waals surface area contributed by atoms with Crippen LogP contribution in [0.4, 0.5) is 0 Å². The molecule has 2 heterocycles. The van der Waals surface area contributed by atoms with Gasteiger partial charge in [0.2, 0.25) is 0 Å². The van der Waals surface area contributed by atoms with Gasteiger partial charge in [-0.05, 0) is 53.2 Å². The number of benzene rings is 4. The maximum Gasteiger partial charge on any atom is 0.139 e. The minimum atomic E-state index is 0.437. The molecule has 0 amide bonds. The van der Waals surface area contributed by atoms with Crippen LogP contribution in [0.1, 0.15) is 0 Å². The molecular formula is C33H34O8. The maximum absolute atomic E-state index is 6.24. The van der Waals surface area contributed by atoms with Crippen molar-refractivity contribution in [1.29, 1.82) is 0 Å². The van der Waals surface area contributed by atoms with Crippen molar-refractivity contribution < 1.29 is 37.3 Å². The number of furan rings is 2. The van der Waals surface area contributed by atoms with Crippen LogP contribution in [0.3, 0.4) is 0 Å². The Labute approximate surface area is 237 Å². The van der Waals surface area contributed by atoms with E-state index in [0.717, 1.165) is 60.4 Å². The van der Waals surface area contributed by atoms with Crippen LogP contribution in [0.15, 0.2) is 75.6 Å². The van der Waals surface area contributed by atoms with Crippen LogP contribution in [-0.2, 0) is 23.7 Å². The fourth-order valence-corrected chi connectivity index (χ4v) is 5.10. The Morgan fingerprint density at radius 2 is 0.976 bits per heavy atom. The first-order valence-electron chi connectivity index (χ1n) is 14.0. The van der Waals surface area contributed by atoms with E-state index in [4.69, 9.17) is 37.3 Å². The zero-order chi connectivity index (χ0) is 27.9. The lowest BCUT2D eigenvalue weighted by Gasteiger charge is -2.08. The van der Waals surface area contributed by atoms with Gasteiger partial charge in [-0.25, -0.2) is 0 Å². The van der Waals surface area contributed by atoms with Crippen LogP contribution in [0.2, 0.25) is 0 Å². The summed E-state index contributed by atoms with van der Waals surface area (Å²) in [6.07, 6.45) is 0. The zero-order valence-corrected chi connectivity index (χ0v) is 23.2. The number of ether oxygens (including phenoxy) is 6. The highest BCUT2D eigenvalue weighted by Gasteiger charge is 2.16. The van der Waals surface area contributed by atoms with Crippen LogP contribution < -0.4 is 4.74 Å². The van der Waals surface area contributed by atoms with E-state index in [2.05, 4.69) is 30.3 Å². The summed E-state index contributed by atoms with van der Waals surface area (Å²) in [6.45, 7) is 5.24. The minimum Gasteiger partial charge on any atom is -0.491 e. The van der Waals surface area contributed by atoms with Crippen LogP contribution in [0.25, 0.3) is 54.6 Å². The molecule has 0 saturated heterocycles. The van der Waals surface area contributed by atoms with E-state index in [1.165, 1.54) is 0 Å². The highest BCUT2D eigenvalue weighted by atomic mass is 16.6. The van der Waals surface area contributed by atoms with Crippen LogP contribution in [0.5, 0.6) is 5.75 Å². The van der Waals surface area contributed by atoms with Gasteiger partial charge in [0.25, 0.3) is 0 Å². The first-order valence-corrected chi connectivity index (χ1v) is 14.0. The van der Waals surface area contributed by atoms with E-state index in [1.807, 2.05) is 36.4 Å². The summed E-state index contributed by atoms with van der Waals surface area (Å²) in [5, 5.41) is 6.70. The number of rotatable bonds is 16. The highest BCUT2D eigenvalue weighted by Crippen LogP contribution is 2.41. The Hall–Kier alpha value is -3.66. The average Bonchev–Trinajstić information content (AvgIpc) is 3.57. The Morgan fingerprint density at radius 1 is 0.463 bits per heavy atom. The van der Waals surface area contributed by atoms with Crippen molar-refractivity contribution >= 4 is 54.6 Å². The molecular weight excluding hydrogens is 524 g/mol. The number of hydrogen-bond donors (Lipinski definition) is 0. The molecule has 0 bridgehead atoms. The quantitative estimate of drug-likeness (QED) is 0.121. The first kappa shape index (κ1) is 27.5. The Balaban J connectivity index is 0.998. The number of fused-ring (bicyclic) bond motifs is 9. The van der Waals surface area contributed by atoms with Gasteiger partial charge in [0.1, 0.15) is 34.7 Å². The predicted octanol–water partition coefficient (Wildman–Crippen LogP) is 6.73. The van der Waals surface area contributed by atoms with Crippen LogP contribution >= 0.6 is 0 Å². The summed E-state index contributed by atoms with van der Waals surface area (Å²) in [5.41, 5.74) is 3.42. The molecule has 0 spiro atoms. The fraction of sp³-hybridized carbons (Fsp3) is 0.333. The lowest BCUT2D eigenvalue weighted by molar-refractivity contribution is -0.00978. The van der Waals surface area contributed by atoms with Crippen molar-refractivity contribution in [2.24, 2.45) is 0 Å². The van der Waals surface area contributed by atoms with Gasteiger partial charge in [-0.15, -0.1) is 0 Å². The largest absolute Gasteiger partial charge is 0.491 e. The van der Waals surface area contributed by atoms with Gasteiger partial charge in [0.15, 0.2) is 0 Å². The molecule has 0 atom stereocenters. The van der Waals surface area contributed by atoms with Gasteiger partial charge < -0.3 is 37.3 Å². The molecule has 0 aliphatic rings. The Bertz CT molecular complexity index is 1730. The SMILES string of the molecule is COCCOCCOCCOCCOCCOc1ccc2c(c1)oc1ccc3c(ccc4oc5ccccc5c43)c12. The van der Waals surface area contributed by atoms with Gasteiger partial charge in [-0.2, -0.15) is 0 Å². The molecule has 4 aromatic carbocycles. The summed E-state index contributed by atoms with van der Waals surface area (Å²) in [6, 6.07) is 22.5. The third-order valence-corrected chi connectivity index (χ3v) is 6.99. The summed E-state index contributed by atoms with van der Waals surface area (Å²) >= 11 is 0. The molecule has 0 saturated carbocycles. The van der Waals surface area contributed by atoms with Crippen molar-refractivity contribution in [3.05, 3.63) is 66.7 Å². The van der Waals surface area contributed by atoms with E-state index >= 15 is 0 Å². The van der Waals surface area contributed by atoms with Crippen LogP contribution in [-0.4, -0.2) is 73.2 Å². The third kappa shape index (κ3) is 6.17. The molecule has 6 rings (SSSR count). The molecule has 41 heavy (non-hydrogen) atoms. The van der Waals surface area contributed by atoms with E-state index < -0.39 is 0 Å². The molecule has 0 unspecified atom stereocenters. The average molecular weight is 559 g/mol. The zero-order valence-electron chi connectivity index (χ0n) is 23.2. The van der Waals surface area contributed by atoms with Gasteiger partial charge in [0, 0.05) is 34.7 Å². The first-order chi connectivity index (χ1) is 20.3. The second-order valence-corrected chi connectivity index (χ2v) is 9.62. The Morgan fingerprint density at radius 3 is 1.61 bits per heavy atom. The fourth-order valence-electron chi connectivity index (χ4n) is 5.10. The van der Waals surface area contributed by atoms with E-state index in [0.29, 0.717) is 66.1 Å². The van der Waals surface area contributed by atoms with E-state index in [1.54, 1.807) is 7.11 Å².